The third kappa shape index (κ3) is 7.67. The van der Waals surface area contributed by atoms with E-state index in [9.17, 15) is 5.26 Å². The van der Waals surface area contributed by atoms with Gasteiger partial charge in [-0.05, 0) is 86.4 Å². The third-order valence-electron chi connectivity index (χ3n) is 9.57. The maximum Gasteiger partial charge on any atom is 0.298 e. The first-order valence-corrected chi connectivity index (χ1v) is 17.4. The molecule has 0 N–H and O–H groups in total. The Kier molecular flexibility index (Phi) is 9.99. The van der Waals surface area contributed by atoms with Crippen LogP contribution >= 0.6 is 11.6 Å². The van der Waals surface area contributed by atoms with E-state index in [1.807, 2.05) is 18.2 Å². The van der Waals surface area contributed by atoms with Crippen molar-refractivity contribution in [3.8, 4) is 28.7 Å². The Morgan fingerprint density at radius 3 is 2.51 bits per heavy atom. The smallest absolute Gasteiger partial charge is 0.298 e. The van der Waals surface area contributed by atoms with Crippen LogP contribution in [0.1, 0.15) is 47.1 Å². The normalized spacial score (nSPS) is 15.8. The molecule has 2 fully saturated rings. The van der Waals surface area contributed by atoms with Gasteiger partial charge in [0.05, 0.1) is 10.6 Å². The van der Waals surface area contributed by atoms with Crippen LogP contribution in [0.15, 0.2) is 71.4 Å². The van der Waals surface area contributed by atoms with E-state index in [0.717, 1.165) is 96.0 Å². The fraction of sp³-hybridized carbons (Fsp3) is 0.359. The Labute approximate surface area is 292 Å². The highest BCUT2D eigenvalue weighted by atomic mass is 35.5. The van der Waals surface area contributed by atoms with E-state index in [-0.39, 0.29) is 6.61 Å². The first-order valence-electron chi connectivity index (χ1n) is 17.0. The summed E-state index contributed by atoms with van der Waals surface area (Å²) in [6, 6.07) is 21.0. The van der Waals surface area contributed by atoms with Gasteiger partial charge >= 0.3 is 0 Å². The van der Waals surface area contributed by atoms with Gasteiger partial charge in [-0.25, -0.2) is 0 Å². The van der Waals surface area contributed by atoms with Crippen molar-refractivity contribution in [3.63, 3.8) is 0 Å². The van der Waals surface area contributed by atoms with Gasteiger partial charge in [0.2, 0.25) is 0 Å². The molecule has 10 heteroatoms. The van der Waals surface area contributed by atoms with Gasteiger partial charge in [-0.2, -0.15) is 10.2 Å². The predicted molar refractivity (Wildman–Crippen MR) is 192 cm³/mol. The fourth-order valence-corrected chi connectivity index (χ4v) is 6.86. The summed E-state index contributed by atoms with van der Waals surface area (Å²) in [5.74, 6) is 1.28. The Morgan fingerprint density at radius 2 is 1.69 bits per heavy atom. The van der Waals surface area contributed by atoms with Crippen LogP contribution in [-0.2, 0) is 19.8 Å². The summed E-state index contributed by atoms with van der Waals surface area (Å²) >= 11 is 6.86. The van der Waals surface area contributed by atoms with Crippen molar-refractivity contribution < 1.29 is 13.9 Å². The molecule has 5 aromatic rings. The average molecular weight is 677 g/mol. The minimum atomic E-state index is 0.282. The standard InChI is InChI=1S/C39H41ClN6O3/c1-27-31(7-6-8-33(27)30-9-10-36-35(19-30)43-39(49-36)46-15-13-44(2)14-16-46)26-48-38-20-37(47-25-29-17-28(21-41)22-42-23-29)32(18-34(38)40)24-45-11-4-3-5-12-45/h6-10,17-20,22-23H,3-5,11-16,24-26H2,1-2H3. The third-order valence-corrected chi connectivity index (χ3v) is 9.86. The Hall–Kier alpha value is -4.62. The number of aromatic nitrogens is 2. The molecule has 2 aliphatic heterocycles. The number of halogens is 1. The zero-order valence-corrected chi connectivity index (χ0v) is 28.9. The highest BCUT2D eigenvalue weighted by molar-refractivity contribution is 6.32. The second-order valence-corrected chi connectivity index (χ2v) is 13.5. The van der Waals surface area contributed by atoms with Gasteiger partial charge in [0.1, 0.15) is 36.3 Å². The molecule has 2 aromatic heterocycles. The molecule has 0 amide bonds. The summed E-state index contributed by atoms with van der Waals surface area (Å²) in [6.07, 6.45) is 6.93. The number of hydrogen-bond donors (Lipinski definition) is 0. The maximum atomic E-state index is 9.31. The van der Waals surface area contributed by atoms with Gasteiger partial charge in [0.15, 0.2) is 5.58 Å². The number of likely N-dealkylation sites (N-methyl/N-ethyl adjacent to an activating group) is 1. The van der Waals surface area contributed by atoms with Crippen molar-refractivity contribution >= 4 is 28.7 Å². The van der Waals surface area contributed by atoms with Gasteiger partial charge in [-0.15, -0.1) is 0 Å². The number of anilines is 1. The highest BCUT2D eigenvalue weighted by Crippen LogP contribution is 2.36. The van der Waals surface area contributed by atoms with E-state index < -0.39 is 0 Å². The second kappa shape index (κ2) is 14.9. The highest BCUT2D eigenvalue weighted by Gasteiger charge is 2.20. The summed E-state index contributed by atoms with van der Waals surface area (Å²) in [7, 11) is 2.14. The van der Waals surface area contributed by atoms with Crippen LogP contribution < -0.4 is 14.4 Å². The quantitative estimate of drug-likeness (QED) is 0.148. The molecule has 2 saturated heterocycles. The van der Waals surface area contributed by atoms with Gasteiger partial charge in [-0.3, -0.25) is 9.88 Å². The van der Waals surface area contributed by atoms with Gasteiger partial charge in [0, 0.05) is 62.3 Å². The number of piperidine rings is 1. The second-order valence-electron chi connectivity index (χ2n) is 13.1. The minimum absolute atomic E-state index is 0.282. The number of piperazine rings is 1. The van der Waals surface area contributed by atoms with Gasteiger partial charge in [0.25, 0.3) is 6.01 Å². The van der Waals surface area contributed by atoms with E-state index in [4.69, 9.17) is 30.5 Å². The molecule has 4 heterocycles. The predicted octanol–water partition coefficient (Wildman–Crippen LogP) is 7.62. The van der Waals surface area contributed by atoms with Crippen LogP contribution in [0.25, 0.3) is 22.2 Å². The number of likely N-dealkylation sites (tertiary alicyclic amines) is 1. The topological polar surface area (TPSA) is 90.9 Å². The van der Waals surface area contributed by atoms with Gasteiger partial charge in [-0.1, -0.05) is 42.3 Å². The first-order chi connectivity index (χ1) is 23.9. The lowest BCUT2D eigenvalue weighted by Crippen LogP contribution is -2.44. The van der Waals surface area contributed by atoms with Gasteiger partial charge < -0.3 is 23.7 Å². The average Bonchev–Trinajstić information content (AvgIpc) is 3.56. The van der Waals surface area contributed by atoms with Crippen molar-refractivity contribution in [1.29, 1.82) is 5.26 Å². The van der Waals surface area contributed by atoms with Crippen LogP contribution in [0, 0.1) is 18.3 Å². The summed E-state index contributed by atoms with van der Waals surface area (Å²) in [5, 5.41) is 9.86. The molecule has 9 nitrogen and oxygen atoms in total. The molecule has 0 saturated carbocycles. The number of nitrogens with zero attached hydrogens (tertiary/aromatic N) is 6. The van der Waals surface area contributed by atoms with Crippen LogP contribution in [0.4, 0.5) is 6.01 Å². The summed E-state index contributed by atoms with van der Waals surface area (Å²) < 4.78 is 18.9. The van der Waals surface area contributed by atoms with Crippen molar-refractivity contribution in [2.24, 2.45) is 0 Å². The molecule has 0 bridgehead atoms. The minimum Gasteiger partial charge on any atom is -0.488 e. The number of ether oxygens (including phenoxy) is 2. The van der Waals surface area contributed by atoms with E-state index in [2.05, 4.69) is 70.1 Å². The molecule has 2 aliphatic rings. The number of hydrogen-bond acceptors (Lipinski definition) is 9. The number of oxazole rings is 1. The van der Waals surface area contributed by atoms with E-state index in [0.29, 0.717) is 29.0 Å². The molecule has 0 spiro atoms. The lowest BCUT2D eigenvalue weighted by Gasteiger charge is -2.31. The van der Waals surface area contributed by atoms with E-state index >= 15 is 0 Å². The van der Waals surface area contributed by atoms with Crippen molar-refractivity contribution in [2.45, 2.75) is 45.9 Å². The molecule has 0 aliphatic carbocycles. The Balaban J connectivity index is 1.10. The van der Waals surface area contributed by atoms with E-state index in [1.165, 1.54) is 19.3 Å². The molecule has 0 unspecified atom stereocenters. The van der Waals surface area contributed by atoms with Crippen LogP contribution in [0.2, 0.25) is 5.02 Å². The van der Waals surface area contributed by atoms with E-state index in [1.54, 1.807) is 18.5 Å². The first kappa shape index (κ1) is 32.9. The molecule has 7 rings (SSSR count). The maximum absolute atomic E-state index is 9.31. The van der Waals surface area contributed by atoms with Crippen LogP contribution in [0.5, 0.6) is 11.5 Å². The number of rotatable bonds is 10. The number of pyridine rings is 1. The molecular weight excluding hydrogens is 636 g/mol. The van der Waals surface area contributed by atoms with Crippen molar-refractivity contribution in [3.05, 3.63) is 99.8 Å². The van der Waals surface area contributed by atoms with Crippen molar-refractivity contribution in [2.75, 3.05) is 51.2 Å². The summed E-state index contributed by atoms with van der Waals surface area (Å²) in [6.45, 7) is 9.42. The lowest BCUT2D eigenvalue weighted by molar-refractivity contribution is 0.214. The summed E-state index contributed by atoms with van der Waals surface area (Å²) in [5.41, 5.74) is 8.38. The fourth-order valence-electron chi connectivity index (χ4n) is 6.62. The number of nitriles is 1. The Morgan fingerprint density at radius 1 is 0.878 bits per heavy atom. The molecule has 0 radical (unpaired) electrons. The number of fused-ring (bicyclic) bond motifs is 1. The largest absolute Gasteiger partial charge is 0.488 e. The number of benzene rings is 3. The molecule has 252 valence electrons. The zero-order chi connectivity index (χ0) is 33.7. The van der Waals surface area contributed by atoms with Crippen LogP contribution in [0.3, 0.4) is 0 Å². The SMILES string of the molecule is Cc1c(COc2cc(OCc3cncc(C#N)c3)c(CN3CCCCC3)cc2Cl)cccc1-c1ccc2oc(N3CCN(C)CC3)nc2c1. The van der Waals surface area contributed by atoms with Crippen LogP contribution in [-0.4, -0.2) is 66.1 Å². The monoisotopic (exact) mass is 676 g/mol. The lowest BCUT2D eigenvalue weighted by atomic mass is 9.96. The van der Waals surface area contributed by atoms with Crippen molar-refractivity contribution in [1.82, 2.24) is 19.8 Å². The summed E-state index contributed by atoms with van der Waals surface area (Å²) in [4.78, 5) is 16.0. The zero-order valence-electron chi connectivity index (χ0n) is 28.1. The molecular formula is C39H41ClN6O3. The molecule has 0 atom stereocenters. The molecule has 3 aromatic carbocycles. The Bertz CT molecular complexity index is 1970. The molecule has 49 heavy (non-hydrogen) atoms.